The first-order valence-electron chi connectivity index (χ1n) is 11.0. The smallest absolute Gasteiger partial charge is 0.311 e. The van der Waals surface area contributed by atoms with Gasteiger partial charge in [0.1, 0.15) is 5.76 Å². The second-order valence-corrected chi connectivity index (χ2v) is 11.3. The quantitative estimate of drug-likeness (QED) is 0.229. The van der Waals surface area contributed by atoms with E-state index in [-0.39, 0.29) is 11.4 Å². The molecule has 5 rings (SSSR count). The van der Waals surface area contributed by atoms with Crippen molar-refractivity contribution in [3.05, 3.63) is 87.7 Å². The molecule has 2 fully saturated rings. The fraction of sp³-hybridized carbons (Fsp3) is 0.333. The Balaban J connectivity index is 1.42. The van der Waals surface area contributed by atoms with E-state index in [1.807, 2.05) is 42.5 Å². The van der Waals surface area contributed by atoms with Crippen molar-refractivity contribution < 1.29 is 14.2 Å². The topological polar surface area (TPSA) is 75.5 Å². The van der Waals surface area contributed by atoms with Gasteiger partial charge < -0.3 is 4.74 Å². The van der Waals surface area contributed by atoms with Gasteiger partial charge in [0.2, 0.25) is 13.2 Å². The molecule has 166 valence electrons. The molecule has 0 radical (unpaired) electrons. The van der Waals surface area contributed by atoms with Crippen molar-refractivity contribution in [3.63, 3.8) is 0 Å². The third-order valence-corrected chi connectivity index (χ3v) is 9.49. The monoisotopic (exact) mass is 451 g/mol. The number of nitro benzene ring substituents is 1. The number of nitro groups is 1. The van der Waals surface area contributed by atoms with Gasteiger partial charge in [-0.2, -0.15) is 0 Å². The molecule has 2 heterocycles. The maximum Gasteiger partial charge on any atom is 0.311 e. The van der Waals surface area contributed by atoms with Crippen LogP contribution in [0, 0.1) is 10.1 Å². The maximum absolute atomic E-state index is 13.4. The predicted octanol–water partition coefficient (Wildman–Crippen LogP) is 5.10. The molecule has 2 aromatic rings. The largest absolute Gasteiger partial charge is 0.450 e. The first kappa shape index (κ1) is 21.1. The van der Waals surface area contributed by atoms with Gasteiger partial charge in [-0.1, -0.05) is 42.5 Å². The highest BCUT2D eigenvalue weighted by molar-refractivity contribution is 7.59. The van der Waals surface area contributed by atoms with Gasteiger partial charge in [0.05, 0.1) is 4.92 Å². The van der Waals surface area contributed by atoms with E-state index in [1.54, 1.807) is 12.1 Å². The summed E-state index contributed by atoms with van der Waals surface area (Å²) >= 11 is 0. The lowest BCUT2D eigenvalue weighted by Crippen LogP contribution is -2.10. The van der Waals surface area contributed by atoms with E-state index in [2.05, 4.69) is 9.34 Å². The summed E-state index contributed by atoms with van der Waals surface area (Å²) < 4.78 is 23.7. The van der Waals surface area contributed by atoms with Crippen molar-refractivity contribution in [1.29, 1.82) is 0 Å². The normalized spacial score (nSPS) is 18.6. The molecule has 1 aliphatic carbocycles. The van der Waals surface area contributed by atoms with Crippen LogP contribution in [0.5, 0.6) is 5.75 Å². The van der Waals surface area contributed by atoms with Crippen molar-refractivity contribution in [2.75, 3.05) is 32.3 Å². The van der Waals surface area contributed by atoms with Gasteiger partial charge in [0, 0.05) is 44.0 Å². The lowest BCUT2D eigenvalue weighted by Gasteiger charge is -2.20. The molecule has 0 aromatic heterocycles. The second kappa shape index (κ2) is 8.66. The zero-order chi connectivity index (χ0) is 22.1. The Hall–Kier alpha value is -2.73. The molecule has 0 bridgehead atoms. The lowest BCUT2D eigenvalue weighted by molar-refractivity contribution is -0.385. The zero-order valence-corrected chi connectivity index (χ0v) is 18.7. The molecular weight excluding hydrogens is 425 g/mol. The van der Waals surface area contributed by atoms with E-state index in [4.69, 9.17) is 4.74 Å². The Bertz CT molecular complexity index is 1120. The van der Waals surface area contributed by atoms with E-state index >= 15 is 0 Å². The minimum absolute atomic E-state index is 0.0623. The van der Waals surface area contributed by atoms with Gasteiger partial charge in [-0.3, -0.25) is 14.7 Å². The number of benzene rings is 2. The predicted molar refractivity (Wildman–Crippen MR) is 125 cm³/mol. The van der Waals surface area contributed by atoms with Crippen LogP contribution in [-0.4, -0.2) is 46.6 Å². The molecule has 32 heavy (non-hydrogen) atoms. The van der Waals surface area contributed by atoms with Crippen LogP contribution in [0.4, 0.5) is 5.69 Å². The molecule has 2 aliphatic heterocycles. The van der Waals surface area contributed by atoms with Crippen molar-refractivity contribution in [1.82, 2.24) is 9.34 Å². The highest BCUT2D eigenvalue weighted by atomic mass is 31.2. The minimum Gasteiger partial charge on any atom is -0.450 e. The highest BCUT2D eigenvalue weighted by Crippen LogP contribution is 2.60. The fourth-order valence-corrected chi connectivity index (χ4v) is 7.08. The number of rotatable bonds is 9. The first-order valence-corrected chi connectivity index (χ1v) is 12.8. The summed E-state index contributed by atoms with van der Waals surface area (Å²) in [6.45, 7) is 3.58. The summed E-state index contributed by atoms with van der Waals surface area (Å²) in [7, 11) is -2.47. The zero-order valence-electron chi connectivity index (χ0n) is 17.9. The molecule has 3 aliphatic rings. The van der Waals surface area contributed by atoms with Gasteiger partial charge in [-0.25, -0.2) is 9.34 Å². The molecule has 2 aromatic carbocycles. The van der Waals surface area contributed by atoms with Gasteiger partial charge in [0.15, 0.2) is 0 Å². The van der Waals surface area contributed by atoms with Crippen molar-refractivity contribution in [2.24, 2.45) is 0 Å². The van der Waals surface area contributed by atoms with Crippen LogP contribution in [-0.2, 0) is 11.0 Å². The molecule has 0 spiro atoms. The van der Waals surface area contributed by atoms with Crippen LogP contribution in [0.3, 0.4) is 0 Å². The number of hydrogen-bond acceptors (Lipinski definition) is 4. The summed E-state index contributed by atoms with van der Waals surface area (Å²) in [5, 5.41) is 11.7. The third-order valence-electron chi connectivity index (χ3n) is 6.11. The molecular formula is C24H26N3O4P. The molecule has 8 heteroatoms. The summed E-state index contributed by atoms with van der Waals surface area (Å²) in [6, 6.07) is 15.0. The van der Waals surface area contributed by atoms with E-state index in [0.29, 0.717) is 18.3 Å². The molecule has 0 unspecified atom stereocenters. The number of ether oxygens (including phenoxy) is 1. The lowest BCUT2D eigenvalue weighted by atomic mass is 9.96. The Labute approximate surface area is 187 Å². The van der Waals surface area contributed by atoms with Gasteiger partial charge in [0.25, 0.3) is 0 Å². The Kier molecular flexibility index (Phi) is 5.72. The van der Waals surface area contributed by atoms with Crippen LogP contribution < -0.4 is 4.74 Å². The Morgan fingerprint density at radius 1 is 1.03 bits per heavy atom. The van der Waals surface area contributed by atoms with Crippen molar-refractivity contribution in [2.45, 2.75) is 19.3 Å². The van der Waals surface area contributed by atoms with Gasteiger partial charge in [-0.05, 0) is 42.5 Å². The van der Waals surface area contributed by atoms with Gasteiger partial charge >= 0.3 is 5.69 Å². The maximum atomic E-state index is 13.4. The van der Waals surface area contributed by atoms with E-state index in [1.165, 1.54) is 6.07 Å². The second-order valence-electron chi connectivity index (χ2n) is 8.36. The standard InChI is InChI=1S/C24H26N3O4P/c28-27(29)22-11-10-19(12-17-32(30,25-13-14-25)26-15-16-26)18-24(22)31-23-9-5-4-8-21(23)20-6-2-1-3-7-20/h1-3,5-7,9-11,18H,4,8,12-17H2. The molecule has 0 amide bonds. The number of aryl methyl sites for hydroxylation is 1. The third kappa shape index (κ3) is 4.42. The van der Waals surface area contributed by atoms with Crippen LogP contribution in [0.15, 0.2) is 66.4 Å². The molecule has 7 nitrogen and oxygen atoms in total. The molecule has 2 saturated heterocycles. The average Bonchev–Trinajstić information content (AvgIpc) is 3.71. The van der Waals surface area contributed by atoms with Crippen LogP contribution in [0.25, 0.3) is 5.57 Å². The molecule has 0 N–H and O–H groups in total. The fourth-order valence-electron chi connectivity index (χ4n) is 4.18. The minimum atomic E-state index is -2.47. The van der Waals surface area contributed by atoms with Crippen LogP contribution in [0.1, 0.15) is 24.0 Å². The Morgan fingerprint density at radius 2 is 1.75 bits per heavy atom. The van der Waals surface area contributed by atoms with Gasteiger partial charge in [-0.15, -0.1) is 0 Å². The van der Waals surface area contributed by atoms with Crippen LogP contribution in [0.2, 0.25) is 0 Å². The van der Waals surface area contributed by atoms with E-state index in [0.717, 1.165) is 55.7 Å². The summed E-state index contributed by atoms with van der Waals surface area (Å²) in [5.41, 5.74) is 2.94. The average molecular weight is 451 g/mol. The summed E-state index contributed by atoms with van der Waals surface area (Å²) in [4.78, 5) is 11.3. The van der Waals surface area contributed by atoms with Crippen molar-refractivity contribution in [3.8, 4) is 5.75 Å². The Morgan fingerprint density at radius 3 is 2.41 bits per heavy atom. The summed E-state index contributed by atoms with van der Waals surface area (Å²) in [5.74, 6) is 0.873. The number of nitrogens with zero attached hydrogens (tertiary/aromatic N) is 3. The number of allylic oxidation sites excluding steroid dienone is 3. The molecule has 0 saturated carbocycles. The number of hydrogen-bond donors (Lipinski definition) is 0. The van der Waals surface area contributed by atoms with Crippen LogP contribution >= 0.6 is 7.44 Å². The SMILES string of the molecule is O=[N+]([O-])c1ccc(CCP(=O)(N2CC2)N2CC2)cc1OC1=C(c2ccccc2)CCC=C1. The highest BCUT2D eigenvalue weighted by Gasteiger charge is 2.46. The summed E-state index contributed by atoms with van der Waals surface area (Å²) in [6.07, 6.45) is 6.81. The van der Waals surface area contributed by atoms with E-state index in [9.17, 15) is 14.7 Å². The van der Waals surface area contributed by atoms with E-state index < -0.39 is 12.4 Å². The first-order chi connectivity index (χ1) is 15.5. The molecule has 0 atom stereocenters. The van der Waals surface area contributed by atoms with Crippen molar-refractivity contribution >= 4 is 18.7 Å².